The molecule has 0 bridgehead atoms. The van der Waals surface area contributed by atoms with Gasteiger partial charge >= 0.3 is 0 Å². The van der Waals surface area contributed by atoms with Gasteiger partial charge in [0.2, 0.25) is 0 Å². The fourth-order valence-corrected chi connectivity index (χ4v) is 3.16. The molecule has 0 spiro atoms. The second kappa shape index (κ2) is 11.0. The zero-order valence-electron chi connectivity index (χ0n) is 16.8. The summed E-state index contributed by atoms with van der Waals surface area (Å²) in [5, 5.41) is 6.81. The van der Waals surface area contributed by atoms with Crippen molar-refractivity contribution < 1.29 is 4.74 Å². The van der Waals surface area contributed by atoms with E-state index in [1.165, 1.54) is 18.7 Å². The monoisotopic (exact) mass is 361 g/mol. The van der Waals surface area contributed by atoms with Crippen molar-refractivity contribution in [2.75, 3.05) is 59.5 Å². The Kier molecular flexibility index (Phi) is 8.71. The van der Waals surface area contributed by atoms with Crippen LogP contribution in [-0.4, -0.2) is 75.2 Å². The molecule has 0 radical (unpaired) electrons. The van der Waals surface area contributed by atoms with Crippen LogP contribution in [0.3, 0.4) is 0 Å². The van der Waals surface area contributed by atoms with Gasteiger partial charge < -0.3 is 20.3 Å². The van der Waals surface area contributed by atoms with Gasteiger partial charge in [0.25, 0.3) is 0 Å². The molecular formula is C20H35N5O. The highest BCUT2D eigenvalue weighted by molar-refractivity contribution is 5.79. The lowest BCUT2D eigenvalue weighted by molar-refractivity contribution is 0.139. The van der Waals surface area contributed by atoms with Gasteiger partial charge in [0, 0.05) is 58.4 Å². The smallest absolute Gasteiger partial charge is 0.191 e. The van der Waals surface area contributed by atoms with Crippen LogP contribution in [0.15, 0.2) is 23.2 Å². The predicted molar refractivity (Wildman–Crippen MR) is 109 cm³/mol. The molecule has 1 heterocycles. The summed E-state index contributed by atoms with van der Waals surface area (Å²) >= 11 is 0. The van der Waals surface area contributed by atoms with E-state index in [0.717, 1.165) is 50.0 Å². The van der Waals surface area contributed by atoms with Gasteiger partial charge in [0.05, 0.1) is 6.61 Å². The van der Waals surface area contributed by atoms with Crippen LogP contribution in [-0.2, 0) is 6.54 Å². The van der Waals surface area contributed by atoms with Crippen LogP contribution in [0, 0.1) is 6.92 Å². The van der Waals surface area contributed by atoms with Gasteiger partial charge in [-0.05, 0) is 32.0 Å². The molecule has 2 rings (SSSR count). The lowest BCUT2D eigenvalue weighted by atomic mass is 10.1. The van der Waals surface area contributed by atoms with Crippen molar-refractivity contribution in [1.29, 1.82) is 0 Å². The molecule has 0 aromatic heterocycles. The summed E-state index contributed by atoms with van der Waals surface area (Å²) in [6.45, 7) is 15.5. The van der Waals surface area contributed by atoms with Crippen LogP contribution >= 0.6 is 0 Å². The zero-order chi connectivity index (χ0) is 18.8. The SMILES string of the molecule is CCOc1cc(C)ccc1CNC(=NC)NCCN1CCN(CC)CC1. The number of benzene rings is 1. The van der Waals surface area contributed by atoms with E-state index in [9.17, 15) is 0 Å². The Labute approximate surface area is 158 Å². The molecule has 1 saturated heterocycles. The fraction of sp³-hybridized carbons (Fsp3) is 0.650. The molecule has 6 nitrogen and oxygen atoms in total. The third-order valence-corrected chi connectivity index (χ3v) is 4.82. The summed E-state index contributed by atoms with van der Waals surface area (Å²) < 4.78 is 5.75. The van der Waals surface area contributed by atoms with Crippen molar-refractivity contribution in [3.63, 3.8) is 0 Å². The molecule has 1 fully saturated rings. The largest absolute Gasteiger partial charge is 0.494 e. The molecule has 0 unspecified atom stereocenters. The molecule has 0 saturated carbocycles. The number of nitrogens with zero attached hydrogens (tertiary/aromatic N) is 3. The van der Waals surface area contributed by atoms with Crippen molar-refractivity contribution in [2.24, 2.45) is 4.99 Å². The molecule has 1 aliphatic heterocycles. The lowest BCUT2D eigenvalue weighted by Crippen LogP contribution is -2.49. The highest BCUT2D eigenvalue weighted by Crippen LogP contribution is 2.20. The third-order valence-electron chi connectivity index (χ3n) is 4.82. The number of likely N-dealkylation sites (N-methyl/N-ethyl adjacent to an activating group) is 1. The maximum atomic E-state index is 5.75. The van der Waals surface area contributed by atoms with E-state index in [4.69, 9.17) is 4.74 Å². The quantitative estimate of drug-likeness (QED) is 0.545. The number of nitrogens with one attached hydrogen (secondary N) is 2. The van der Waals surface area contributed by atoms with Crippen LogP contribution in [0.4, 0.5) is 0 Å². The number of guanidine groups is 1. The summed E-state index contributed by atoms with van der Waals surface area (Å²) in [7, 11) is 1.81. The summed E-state index contributed by atoms with van der Waals surface area (Å²) in [5.41, 5.74) is 2.36. The van der Waals surface area contributed by atoms with E-state index in [2.05, 4.69) is 57.5 Å². The average molecular weight is 362 g/mol. The second-order valence-corrected chi connectivity index (χ2v) is 6.67. The van der Waals surface area contributed by atoms with Crippen molar-refractivity contribution in [2.45, 2.75) is 27.3 Å². The minimum Gasteiger partial charge on any atom is -0.494 e. The van der Waals surface area contributed by atoms with Gasteiger partial charge in [-0.1, -0.05) is 19.1 Å². The van der Waals surface area contributed by atoms with Gasteiger partial charge in [0.1, 0.15) is 5.75 Å². The first kappa shape index (κ1) is 20.5. The zero-order valence-corrected chi connectivity index (χ0v) is 16.8. The normalized spacial score (nSPS) is 16.5. The molecule has 1 aromatic carbocycles. The molecule has 6 heteroatoms. The Hall–Kier alpha value is -1.79. The van der Waals surface area contributed by atoms with E-state index in [0.29, 0.717) is 13.2 Å². The molecule has 146 valence electrons. The molecule has 1 aliphatic rings. The van der Waals surface area contributed by atoms with Gasteiger partial charge in [-0.2, -0.15) is 0 Å². The number of hydrogen-bond donors (Lipinski definition) is 2. The highest BCUT2D eigenvalue weighted by Gasteiger charge is 2.14. The van der Waals surface area contributed by atoms with Gasteiger partial charge in [0.15, 0.2) is 5.96 Å². The van der Waals surface area contributed by atoms with E-state index in [1.54, 1.807) is 0 Å². The summed E-state index contributed by atoms with van der Waals surface area (Å²) in [6, 6.07) is 6.33. The van der Waals surface area contributed by atoms with Gasteiger partial charge in [-0.3, -0.25) is 9.89 Å². The third kappa shape index (κ3) is 6.50. The van der Waals surface area contributed by atoms with Crippen LogP contribution < -0.4 is 15.4 Å². The Balaban J connectivity index is 1.74. The summed E-state index contributed by atoms with van der Waals surface area (Å²) in [4.78, 5) is 9.35. The van der Waals surface area contributed by atoms with Gasteiger partial charge in [-0.25, -0.2) is 0 Å². The molecule has 2 N–H and O–H groups in total. The molecule has 1 aromatic rings. The van der Waals surface area contributed by atoms with E-state index in [1.807, 2.05) is 14.0 Å². The Morgan fingerprint density at radius 1 is 1.12 bits per heavy atom. The maximum Gasteiger partial charge on any atom is 0.191 e. The fourth-order valence-electron chi connectivity index (χ4n) is 3.16. The number of aliphatic imine (C=N–C) groups is 1. The van der Waals surface area contributed by atoms with Crippen molar-refractivity contribution in [3.8, 4) is 5.75 Å². The number of aryl methyl sites for hydroxylation is 1. The molecule has 0 aliphatic carbocycles. The second-order valence-electron chi connectivity index (χ2n) is 6.67. The van der Waals surface area contributed by atoms with E-state index in [-0.39, 0.29) is 0 Å². The van der Waals surface area contributed by atoms with E-state index < -0.39 is 0 Å². The first-order valence-electron chi connectivity index (χ1n) is 9.77. The minimum atomic E-state index is 0.675. The Morgan fingerprint density at radius 2 is 1.85 bits per heavy atom. The first-order valence-corrected chi connectivity index (χ1v) is 9.77. The van der Waals surface area contributed by atoms with Crippen LogP contribution in [0.5, 0.6) is 5.75 Å². The van der Waals surface area contributed by atoms with Crippen molar-refractivity contribution in [1.82, 2.24) is 20.4 Å². The highest BCUT2D eigenvalue weighted by atomic mass is 16.5. The predicted octanol–water partition coefficient (Wildman–Crippen LogP) is 1.70. The van der Waals surface area contributed by atoms with Crippen LogP contribution in [0.1, 0.15) is 25.0 Å². The number of rotatable bonds is 8. The first-order chi connectivity index (χ1) is 12.7. The van der Waals surface area contributed by atoms with Gasteiger partial charge in [-0.15, -0.1) is 0 Å². The summed E-state index contributed by atoms with van der Waals surface area (Å²) in [5.74, 6) is 1.78. The molecule has 0 amide bonds. The minimum absolute atomic E-state index is 0.675. The topological polar surface area (TPSA) is 52.1 Å². The maximum absolute atomic E-state index is 5.75. The number of ether oxygens (including phenoxy) is 1. The van der Waals surface area contributed by atoms with Crippen molar-refractivity contribution >= 4 is 5.96 Å². The van der Waals surface area contributed by atoms with Crippen molar-refractivity contribution in [3.05, 3.63) is 29.3 Å². The Morgan fingerprint density at radius 3 is 2.50 bits per heavy atom. The lowest BCUT2D eigenvalue weighted by Gasteiger charge is -2.34. The molecule has 0 atom stereocenters. The van der Waals surface area contributed by atoms with E-state index >= 15 is 0 Å². The number of piperazine rings is 1. The average Bonchev–Trinajstić information content (AvgIpc) is 2.66. The summed E-state index contributed by atoms with van der Waals surface area (Å²) in [6.07, 6.45) is 0. The standard InChI is InChI=1S/C20H35N5O/c1-5-24-11-13-25(14-12-24)10-9-22-20(21-4)23-16-18-8-7-17(3)15-19(18)26-6-2/h7-8,15H,5-6,9-14,16H2,1-4H3,(H2,21,22,23). The number of hydrogen-bond acceptors (Lipinski definition) is 4. The molecular weight excluding hydrogens is 326 g/mol. The van der Waals surface area contributed by atoms with Crippen LogP contribution in [0.25, 0.3) is 0 Å². The Bertz CT molecular complexity index is 567. The van der Waals surface area contributed by atoms with Crippen LogP contribution in [0.2, 0.25) is 0 Å². The molecule has 26 heavy (non-hydrogen) atoms.